The van der Waals surface area contributed by atoms with Crippen molar-refractivity contribution in [1.82, 2.24) is 15.1 Å². The number of hydrogen-bond acceptors (Lipinski definition) is 4. The number of carboxylic acid groups (broad SMARTS) is 1. The van der Waals surface area contributed by atoms with Gasteiger partial charge in [0.15, 0.2) is 0 Å². The van der Waals surface area contributed by atoms with Gasteiger partial charge in [-0.3, -0.25) is 4.79 Å². The molecule has 116 valence electrons. The van der Waals surface area contributed by atoms with Crippen LogP contribution in [0.25, 0.3) is 0 Å². The zero-order valence-corrected chi connectivity index (χ0v) is 12.4. The Hall–Kier alpha value is -1.34. The highest BCUT2D eigenvalue weighted by Gasteiger charge is 2.26. The quantitative estimate of drug-likeness (QED) is 0.629. The maximum Gasteiger partial charge on any atom is 0.317 e. The van der Waals surface area contributed by atoms with Crippen molar-refractivity contribution in [3.05, 3.63) is 0 Å². The summed E-state index contributed by atoms with van der Waals surface area (Å²) in [7, 11) is 3.77. The van der Waals surface area contributed by atoms with Crippen molar-refractivity contribution in [2.24, 2.45) is 5.92 Å². The van der Waals surface area contributed by atoms with Crippen LogP contribution >= 0.6 is 0 Å². The Balaban J connectivity index is 2.32. The van der Waals surface area contributed by atoms with Crippen LogP contribution in [0, 0.1) is 5.92 Å². The van der Waals surface area contributed by atoms with E-state index in [1.165, 1.54) is 6.92 Å². The zero-order valence-electron chi connectivity index (χ0n) is 12.4. The van der Waals surface area contributed by atoms with Crippen molar-refractivity contribution in [3.8, 4) is 0 Å². The largest absolute Gasteiger partial charge is 0.481 e. The van der Waals surface area contributed by atoms with E-state index in [0.29, 0.717) is 12.5 Å². The molecule has 1 heterocycles. The number of likely N-dealkylation sites (tertiary alicyclic amines) is 1. The lowest BCUT2D eigenvalue weighted by Crippen LogP contribution is -2.47. The summed E-state index contributed by atoms with van der Waals surface area (Å²) >= 11 is 0. The molecule has 1 aliphatic rings. The van der Waals surface area contributed by atoms with E-state index in [0.717, 1.165) is 19.5 Å². The third kappa shape index (κ3) is 5.75. The number of nitrogens with zero attached hydrogens (tertiary/aromatic N) is 2. The molecule has 2 unspecified atom stereocenters. The Bertz CT molecular complexity index is 360. The maximum atomic E-state index is 11.9. The van der Waals surface area contributed by atoms with E-state index in [-0.39, 0.29) is 12.6 Å². The lowest BCUT2D eigenvalue weighted by atomic mass is 10.0. The summed E-state index contributed by atoms with van der Waals surface area (Å²) in [6.45, 7) is 4.01. The molecule has 7 heteroatoms. The van der Waals surface area contributed by atoms with Gasteiger partial charge in [0.05, 0.1) is 12.0 Å². The van der Waals surface area contributed by atoms with Crippen molar-refractivity contribution in [2.75, 3.05) is 40.3 Å². The standard InChI is InChI=1S/C13H25N3O4/c1-13(20,6-11(17)18)9-14-12(19)16(3)8-10-4-5-15(2)7-10/h10,20H,4-9H2,1-3H3,(H,14,19)(H,17,18). The third-order valence-corrected chi connectivity index (χ3v) is 3.52. The van der Waals surface area contributed by atoms with E-state index >= 15 is 0 Å². The fourth-order valence-electron chi connectivity index (χ4n) is 2.43. The van der Waals surface area contributed by atoms with E-state index in [2.05, 4.69) is 17.3 Å². The first-order valence-corrected chi connectivity index (χ1v) is 6.81. The number of urea groups is 1. The van der Waals surface area contributed by atoms with Gasteiger partial charge in [-0.2, -0.15) is 0 Å². The maximum absolute atomic E-state index is 11.9. The first kappa shape index (κ1) is 16.7. The first-order chi connectivity index (χ1) is 9.19. The Labute approximate surface area is 119 Å². The predicted octanol–water partition coefficient (Wildman–Crippen LogP) is -0.195. The number of hydrogen-bond donors (Lipinski definition) is 3. The van der Waals surface area contributed by atoms with Crippen molar-refractivity contribution < 1.29 is 19.8 Å². The van der Waals surface area contributed by atoms with Crippen LogP contribution in [0.15, 0.2) is 0 Å². The van der Waals surface area contributed by atoms with Gasteiger partial charge in [-0.05, 0) is 32.9 Å². The average molecular weight is 287 g/mol. The number of nitrogens with one attached hydrogen (secondary N) is 1. The second-order valence-corrected chi connectivity index (χ2v) is 6.02. The number of carbonyl (C=O) groups is 2. The molecule has 0 spiro atoms. The molecule has 0 aromatic carbocycles. The number of rotatable bonds is 6. The van der Waals surface area contributed by atoms with Gasteiger partial charge in [-0.15, -0.1) is 0 Å². The molecule has 20 heavy (non-hydrogen) atoms. The normalized spacial score (nSPS) is 22.3. The van der Waals surface area contributed by atoms with Crippen LogP contribution in [-0.2, 0) is 4.79 Å². The molecule has 0 bridgehead atoms. The first-order valence-electron chi connectivity index (χ1n) is 6.81. The number of amides is 2. The number of carboxylic acids is 1. The van der Waals surface area contributed by atoms with Crippen molar-refractivity contribution in [1.29, 1.82) is 0 Å². The highest BCUT2D eigenvalue weighted by molar-refractivity contribution is 5.74. The van der Waals surface area contributed by atoms with Crippen LogP contribution < -0.4 is 5.32 Å². The molecular weight excluding hydrogens is 262 g/mol. The van der Waals surface area contributed by atoms with Gasteiger partial charge >= 0.3 is 12.0 Å². The van der Waals surface area contributed by atoms with Gasteiger partial charge in [0.25, 0.3) is 0 Å². The van der Waals surface area contributed by atoms with Crippen LogP contribution in [0.5, 0.6) is 0 Å². The van der Waals surface area contributed by atoms with Crippen LogP contribution in [0.2, 0.25) is 0 Å². The summed E-state index contributed by atoms with van der Waals surface area (Å²) in [5, 5.41) is 21.0. The highest BCUT2D eigenvalue weighted by Crippen LogP contribution is 2.15. The van der Waals surface area contributed by atoms with Crippen LogP contribution in [-0.4, -0.2) is 77.9 Å². The molecule has 1 aliphatic heterocycles. The summed E-state index contributed by atoms with van der Waals surface area (Å²) in [5.41, 5.74) is -1.43. The minimum Gasteiger partial charge on any atom is -0.481 e. The molecule has 0 aromatic heterocycles. The van der Waals surface area contributed by atoms with E-state index in [1.54, 1.807) is 11.9 Å². The summed E-state index contributed by atoms with van der Waals surface area (Å²) in [6, 6.07) is -0.287. The fourth-order valence-corrected chi connectivity index (χ4v) is 2.43. The zero-order chi connectivity index (χ0) is 15.3. The molecule has 0 radical (unpaired) electrons. The summed E-state index contributed by atoms with van der Waals surface area (Å²) in [4.78, 5) is 26.3. The lowest BCUT2D eigenvalue weighted by Gasteiger charge is -2.25. The minimum absolute atomic E-state index is 0.0763. The van der Waals surface area contributed by atoms with Crippen molar-refractivity contribution in [2.45, 2.75) is 25.4 Å². The van der Waals surface area contributed by atoms with Gasteiger partial charge in [0.2, 0.25) is 0 Å². The van der Waals surface area contributed by atoms with Crippen molar-refractivity contribution in [3.63, 3.8) is 0 Å². The van der Waals surface area contributed by atoms with Gasteiger partial charge in [0.1, 0.15) is 0 Å². The predicted molar refractivity (Wildman–Crippen MR) is 74.5 cm³/mol. The van der Waals surface area contributed by atoms with Gasteiger partial charge in [-0.25, -0.2) is 4.79 Å². The van der Waals surface area contributed by atoms with E-state index in [4.69, 9.17) is 5.11 Å². The van der Waals surface area contributed by atoms with Crippen LogP contribution in [0.1, 0.15) is 19.8 Å². The lowest BCUT2D eigenvalue weighted by molar-refractivity contribution is -0.141. The molecular formula is C13H25N3O4. The number of carbonyl (C=O) groups excluding carboxylic acids is 1. The number of aliphatic carboxylic acids is 1. The monoisotopic (exact) mass is 287 g/mol. The molecule has 1 fully saturated rings. The Morgan fingerprint density at radius 3 is 2.65 bits per heavy atom. The summed E-state index contributed by atoms with van der Waals surface area (Å²) in [5.74, 6) is -0.623. The van der Waals surface area contributed by atoms with Gasteiger partial charge in [0, 0.05) is 26.7 Å². The van der Waals surface area contributed by atoms with Crippen molar-refractivity contribution >= 4 is 12.0 Å². The molecule has 2 atom stereocenters. The fraction of sp³-hybridized carbons (Fsp3) is 0.846. The van der Waals surface area contributed by atoms with E-state index in [9.17, 15) is 14.7 Å². The Morgan fingerprint density at radius 1 is 1.50 bits per heavy atom. The number of aliphatic hydroxyl groups is 1. The second kappa shape index (κ2) is 6.90. The van der Waals surface area contributed by atoms with Crippen LogP contribution in [0.4, 0.5) is 4.79 Å². The molecule has 1 rings (SSSR count). The third-order valence-electron chi connectivity index (χ3n) is 3.52. The van der Waals surface area contributed by atoms with Crippen LogP contribution in [0.3, 0.4) is 0 Å². The molecule has 3 N–H and O–H groups in total. The second-order valence-electron chi connectivity index (χ2n) is 6.02. The average Bonchev–Trinajstić information content (AvgIpc) is 2.70. The Morgan fingerprint density at radius 2 is 2.15 bits per heavy atom. The summed E-state index contributed by atoms with van der Waals surface area (Å²) in [6.07, 6.45) is 0.676. The molecule has 1 saturated heterocycles. The molecule has 0 aliphatic carbocycles. The van der Waals surface area contributed by atoms with E-state index in [1.807, 2.05) is 0 Å². The SMILES string of the molecule is CN1CCC(CN(C)C(=O)NCC(C)(O)CC(=O)O)C1. The molecule has 0 aromatic rings. The molecule has 2 amide bonds. The smallest absolute Gasteiger partial charge is 0.317 e. The minimum atomic E-state index is -1.43. The summed E-state index contributed by atoms with van der Waals surface area (Å²) < 4.78 is 0. The highest BCUT2D eigenvalue weighted by atomic mass is 16.4. The molecule has 0 saturated carbocycles. The van der Waals surface area contributed by atoms with E-state index < -0.39 is 18.0 Å². The topological polar surface area (TPSA) is 93.1 Å². The van der Waals surface area contributed by atoms with Gasteiger partial charge in [-0.1, -0.05) is 0 Å². The Kier molecular flexibility index (Phi) is 5.76. The van der Waals surface area contributed by atoms with Gasteiger partial charge < -0.3 is 25.3 Å². The molecule has 7 nitrogen and oxygen atoms in total.